The summed E-state index contributed by atoms with van der Waals surface area (Å²) in [6.45, 7) is 0. The molecule has 3 rings (SSSR count). The number of pyridine rings is 1. The van der Waals surface area contributed by atoms with Crippen LogP contribution in [0.5, 0.6) is 0 Å². The fraction of sp³-hybridized carbons (Fsp3) is 0.250. The van der Waals surface area contributed by atoms with E-state index in [-0.39, 0.29) is 5.56 Å². The lowest BCUT2D eigenvalue weighted by Crippen LogP contribution is -2.14. The fourth-order valence-corrected chi connectivity index (χ4v) is 3.01. The van der Waals surface area contributed by atoms with Crippen LogP contribution in [-0.4, -0.2) is 15.9 Å². The van der Waals surface area contributed by atoms with Crippen LogP contribution in [0.1, 0.15) is 27.3 Å². The van der Waals surface area contributed by atoms with Gasteiger partial charge < -0.3 is 0 Å². The predicted octanol–water partition coefficient (Wildman–Crippen LogP) is 2.42. The number of carbonyl (C=O) groups is 1. The second-order valence-electron chi connectivity index (χ2n) is 4.04. The van der Waals surface area contributed by atoms with Crippen LogP contribution in [0.4, 0.5) is 9.52 Å². The van der Waals surface area contributed by atoms with Crippen LogP contribution in [0.3, 0.4) is 0 Å². The third kappa shape index (κ3) is 1.99. The van der Waals surface area contributed by atoms with E-state index in [1.807, 2.05) is 0 Å². The summed E-state index contributed by atoms with van der Waals surface area (Å²) in [5.74, 6) is -1.27. The molecule has 2 aromatic heterocycles. The number of carbonyl (C=O) groups excluding carboxylic acids is 1. The number of hydrogen-bond donors (Lipinski definition) is 1. The number of amides is 1. The van der Waals surface area contributed by atoms with Crippen molar-refractivity contribution in [3.05, 3.63) is 40.4 Å². The number of nitrogens with zero attached hydrogens (tertiary/aromatic N) is 2. The van der Waals surface area contributed by atoms with E-state index >= 15 is 0 Å². The Hall–Kier alpha value is -1.82. The summed E-state index contributed by atoms with van der Waals surface area (Å²) >= 11 is 1.46. The van der Waals surface area contributed by atoms with E-state index in [9.17, 15) is 9.18 Å². The predicted molar refractivity (Wildman–Crippen MR) is 66.3 cm³/mol. The zero-order valence-corrected chi connectivity index (χ0v) is 10.3. The van der Waals surface area contributed by atoms with Crippen LogP contribution >= 0.6 is 11.3 Å². The van der Waals surface area contributed by atoms with Gasteiger partial charge in [0.2, 0.25) is 5.95 Å². The lowest BCUT2D eigenvalue weighted by Gasteiger charge is -2.01. The first-order chi connectivity index (χ1) is 8.74. The number of aromatic nitrogens is 2. The lowest BCUT2D eigenvalue weighted by atomic mass is 10.2. The molecule has 1 aliphatic carbocycles. The van der Waals surface area contributed by atoms with Gasteiger partial charge in [0.15, 0.2) is 5.13 Å². The van der Waals surface area contributed by atoms with E-state index in [4.69, 9.17) is 0 Å². The number of thiazole rings is 1. The first-order valence-corrected chi connectivity index (χ1v) is 6.46. The standard InChI is InChI=1S/C12H10FN3OS/c13-10-7(3-2-6-14-10)11(17)16-12-15-8-4-1-5-9(8)18-12/h2-3,6H,1,4-5H2,(H,15,16,17). The molecule has 2 aromatic rings. The summed E-state index contributed by atoms with van der Waals surface area (Å²) in [5, 5.41) is 3.15. The molecule has 0 saturated carbocycles. The second kappa shape index (κ2) is 4.45. The van der Waals surface area contributed by atoms with Gasteiger partial charge in [-0.15, -0.1) is 11.3 Å². The topological polar surface area (TPSA) is 54.9 Å². The van der Waals surface area contributed by atoms with Gasteiger partial charge in [-0.25, -0.2) is 9.97 Å². The molecule has 0 saturated heterocycles. The van der Waals surface area contributed by atoms with E-state index in [1.54, 1.807) is 0 Å². The number of hydrogen-bond acceptors (Lipinski definition) is 4. The Morgan fingerprint density at radius 3 is 3.11 bits per heavy atom. The van der Waals surface area contributed by atoms with Gasteiger partial charge in [-0.05, 0) is 31.4 Å². The summed E-state index contributed by atoms with van der Waals surface area (Å²) < 4.78 is 13.3. The number of rotatable bonds is 2. The van der Waals surface area contributed by atoms with E-state index in [0.717, 1.165) is 25.0 Å². The van der Waals surface area contributed by atoms with Gasteiger partial charge in [0.05, 0.1) is 11.3 Å². The fourth-order valence-electron chi connectivity index (χ4n) is 1.96. The van der Waals surface area contributed by atoms with Crippen LogP contribution < -0.4 is 5.32 Å². The zero-order valence-electron chi connectivity index (χ0n) is 9.44. The molecule has 92 valence electrons. The molecule has 1 aliphatic rings. The molecule has 0 unspecified atom stereocenters. The number of anilines is 1. The third-order valence-corrected chi connectivity index (χ3v) is 3.89. The van der Waals surface area contributed by atoms with Crippen molar-refractivity contribution in [3.8, 4) is 0 Å². The summed E-state index contributed by atoms with van der Waals surface area (Å²) in [7, 11) is 0. The molecule has 0 fully saturated rings. The van der Waals surface area contributed by atoms with Gasteiger partial charge in [-0.1, -0.05) is 0 Å². The number of fused-ring (bicyclic) bond motifs is 1. The van der Waals surface area contributed by atoms with Crippen molar-refractivity contribution in [2.45, 2.75) is 19.3 Å². The minimum absolute atomic E-state index is 0.0622. The van der Waals surface area contributed by atoms with Crippen molar-refractivity contribution in [2.24, 2.45) is 0 Å². The van der Waals surface area contributed by atoms with E-state index in [1.165, 1.54) is 34.5 Å². The first kappa shape index (κ1) is 11.3. The summed E-state index contributed by atoms with van der Waals surface area (Å²) in [6.07, 6.45) is 4.41. The summed E-state index contributed by atoms with van der Waals surface area (Å²) in [6, 6.07) is 2.93. The average molecular weight is 263 g/mol. The maximum Gasteiger partial charge on any atom is 0.262 e. The lowest BCUT2D eigenvalue weighted by molar-refractivity contribution is 0.102. The molecule has 18 heavy (non-hydrogen) atoms. The van der Waals surface area contributed by atoms with Gasteiger partial charge in [0.1, 0.15) is 0 Å². The van der Waals surface area contributed by atoms with Crippen molar-refractivity contribution < 1.29 is 9.18 Å². The van der Waals surface area contributed by atoms with E-state index in [0.29, 0.717) is 5.13 Å². The second-order valence-corrected chi connectivity index (χ2v) is 5.12. The van der Waals surface area contributed by atoms with Crippen molar-refractivity contribution in [1.29, 1.82) is 0 Å². The normalized spacial score (nSPS) is 13.4. The van der Waals surface area contributed by atoms with E-state index < -0.39 is 11.9 Å². The van der Waals surface area contributed by atoms with Crippen LogP contribution in [0.25, 0.3) is 0 Å². The van der Waals surface area contributed by atoms with Gasteiger partial charge in [0.25, 0.3) is 5.91 Å². The van der Waals surface area contributed by atoms with Gasteiger partial charge in [-0.3, -0.25) is 10.1 Å². The molecule has 0 bridgehead atoms. The van der Waals surface area contributed by atoms with Crippen LogP contribution in [0.2, 0.25) is 0 Å². The number of aryl methyl sites for hydroxylation is 2. The molecule has 0 atom stereocenters. The number of halogens is 1. The molecular formula is C12H10FN3OS. The average Bonchev–Trinajstić information content (AvgIpc) is 2.90. The smallest absolute Gasteiger partial charge is 0.262 e. The van der Waals surface area contributed by atoms with Crippen LogP contribution in [0, 0.1) is 5.95 Å². The maximum atomic E-state index is 13.3. The highest BCUT2D eigenvalue weighted by atomic mass is 32.1. The highest BCUT2D eigenvalue weighted by molar-refractivity contribution is 7.15. The third-order valence-electron chi connectivity index (χ3n) is 2.82. The Morgan fingerprint density at radius 2 is 2.33 bits per heavy atom. The summed E-state index contributed by atoms with van der Waals surface area (Å²) in [5.41, 5.74) is 0.995. The largest absolute Gasteiger partial charge is 0.298 e. The highest BCUT2D eigenvalue weighted by Gasteiger charge is 2.19. The van der Waals surface area contributed by atoms with Crippen molar-refractivity contribution in [3.63, 3.8) is 0 Å². The molecule has 2 heterocycles. The van der Waals surface area contributed by atoms with Gasteiger partial charge >= 0.3 is 0 Å². The Morgan fingerprint density at radius 1 is 1.44 bits per heavy atom. The molecule has 0 aliphatic heterocycles. The van der Waals surface area contributed by atoms with Crippen LogP contribution in [-0.2, 0) is 12.8 Å². The van der Waals surface area contributed by atoms with Crippen molar-refractivity contribution in [1.82, 2.24) is 9.97 Å². The van der Waals surface area contributed by atoms with Gasteiger partial charge in [-0.2, -0.15) is 4.39 Å². The minimum atomic E-state index is -0.765. The Bertz CT molecular complexity index is 590. The molecule has 0 radical (unpaired) electrons. The Balaban J connectivity index is 1.80. The first-order valence-electron chi connectivity index (χ1n) is 5.64. The maximum absolute atomic E-state index is 13.3. The molecule has 1 N–H and O–H groups in total. The molecule has 0 spiro atoms. The SMILES string of the molecule is O=C(Nc1nc2c(s1)CCC2)c1cccnc1F. The molecule has 0 aromatic carbocycles. The molecule has 6 heteroatoms. The van der Waals surface area contributed by atoms with E-state index in [2.05, 4.69) is 15.3 Å². The summed E-state index contributed by atoms with van der Waals surface area (Å²) in [4.78, 5) is 20.8. The highest BCUT2D eigenvalue weighted by Crippen LogP contribution is 2.30. The zero-order chi connectivity index (χ0) is 12.5. The van der Waals surface area contributed by atoms with Crippen LogP contribution in [0.15, 0.2) is 18.3 Å². The Labute approximate surface area is 107 Å². The molecule has 4 nitrogen and oxygen atoms in total. The molecule has 1 amide bonds. The monoisotopic (exact) mass is 263 g/mol. The van der Waals surface area contributed by atoms with Gasteiger partial charge in [0, 0.05) is 11.1 Å². The van der Waals surface area contributed by atoms with Crippen molar-refractivity contribution in [2.75, 3.05) is 5.32 Å². The number of nitrogens with one attached hydrogen (secondary N) is 1. The minimum Gasteiger partial charge on any atom is -0.298 e. The Kier molecular flexibility index (Phi) is 2.79. The quantitative estimate of drug-likeness (QED) is 0.846. The molecular weight excluding hydrogens is 253 g/mol. The van der Waals surface area contributed by atoms with Crippen molar-refractivity contribution >= 4 is 22.4 Å².